The minimum Gasteiger partial charge on any atom is -0.496 e. The monoisotopic (exact) mass is 512 g/mol. The molecule has 2 N–H and O–H groups in total. The maximum Gasteiger partial charge on any atom is 0.333 e. The van der Waals surface area contributed by atoms with Crippen molar-refractivity contribution in [3.8, 4) is 22.6 Å². The number of benzene rings is 2. The molecule has 2 aromatic carbocycles. The Bertz CT molecular complexity index is 1720. The van der Waals surface area contributed by atoms with Crippen LogP contribution in [0.15, 0.2) is 58.3 Å². The molecule has 188 valence electrons. The van der Waals surface area contributed by atoms with Crippen LogP contribution in [-0.4, -0.2) is 36.3 Å². The fourth-order valence-electron chi connectivity index (χ4n) is 3.97. The number of hydrogen-bond acceptors (Lipinski definition) is 6. The number of fused-ring (bicyclic) bond motifs is 1. The Hall–Kier alpha value is -3.99. The van der Waals surface area contributed by atoms with Gasteiger partial charge in [0, 0.05) is 23.2 Å². The Kier molecular flexibility index (Phi) is 6.21. The van der Waals surface area contributed by atoms with Gasteiger partial charge in [-0.15, -0.1) is 0 Å². The molecular weight excluding hydrogens is 487 g/mol. The first kappa shape index (κ1) is 25.1. The molecule has 0 atom stereocenters. The van der Waals surface area contributed by atoms with Crippen molar-refractivity contribution in [1.29, 1.82) is 0 Å². The molecule has 0 saturated carbocycles. The number of rotatable bonds is 5. The molecule has 0 aliphatic heterocycles. The number of aromatic amines is 1. The van der Waals surface area contributed by atoms with Crippen LogP contribution in [0.5, 0.6) is 5.75 Å². The van der Waals surface area contributed by atoms with E-state index in [9.17, 15) is 18.0 Å². The Balaban J connectivity index is 2.00. The van der Waals surface area contributed by atoms with Crippen molar-refractivity contribution >= 4 is 26.7 Å². The number of H-pyrrole nitrogens is 1. The molecule has 2 aromatic heterocycles. The van der Waals surface area contributed by atoms with Crippen LogP contribution in [0.2, 0.25) is 0 Å². The summed E-state index contributed by atoms with van der Waals surface area (Å²) in [6.45, 7) is 5.81. The van der Waals surface area contributed by atoms with Gasteiger partial charge in [-0.3, -0.25) is 19.1 Å². The standard InChI is InChI=1S/C25H25FN4O5S/c1-25(2,3)16-13-18(30-11-10-20(31)28-24(30)32)22(26)21(23(16)35-4)15-6-8-17-14(12-15)7-9-19(27-17)29-36(5,33)34/h6-13H,1-5H3,(H,27,29)(H,28,31,32). The number of aromatic nitrogens is 3. The van der Waals surface area contributed by atoms with E-state index in [1.54, 1.807) is 30.3 Å². The summed E-state index contributed by atoms with van der Waals surface area (Å²) < 4.78 is 48.3. The molecule has 0 radical (unpaired) electrons. The van der Waals surface area contributed by atoms with E-state index in [2.05, 4.69) is 14.7 Å². The molecule has 4 aromatic rings. The number of methoxy groups -OCH3 is 1. The average Bonchev–Trinajstić information content (AvgIpc) is 2.77. The van der Waals surface area contributed by atoms with Crippen molar-refractivity contribution < 1.29 is 17.5 Å². The molecule has 0 fully saturated rings. The van der Waals surface area contributed by atoms with E-state index in [0.29, 0.717) is 27.8 Å². The fourth-order valence-corrected chi connectivity index (χ4v) is 4.46. The Morgan fingerprint density at radius 2 is 1.81 bits per heavy atom. The lowest BCUT2D eigenvalue weighted by atomic mass is 9.83. The van der Waals surface area contributed by atoms with E-state index < -0.39 is 32.5 Å². The number of ether oxygens (including phenoxy) is 1. The van der Waals surface area contributed by atoms with Crippen LogP contribution in [0.1, 0.15) is 26.3 Å². The molecule has 0 amide bonds. The predicted octanol–water partition coefficient (Wildman–Crippen LogP) is 3.56. The van der Waals surface area contributed by atoms with Gasteiger partial charge in [-0.25, -0.2) is 22.6 Å². The highest BCUT2D eigenvalue weighted by atomic mass is 32.2. The van der Waals surface area contributed by atoms with Crippen LogP contribution < -0.4 is 20.7 Å². The summed E-state index contributed by atoms with van der Waals surface area (Å²) in [4.78, 5) is 30.5. The van der Waals surface area contributed by atoms with Gasteiger partial charge >= 0.3 is 5.69 Å². The summed E-state index contributed by atoms with van der Waals surface area (Å²) in [5, 5.41) is 0.636. The lowest BCUT2D eigenvalue weighted by Crippen LogP contribution is -2.28. The molecule has 0 aliphatic rings. The van der Waals surface area contributed by atoms with Gasteiger partial charge in [0.05, 0.1) is 30.1 Å². The summed E-state index contributed by atoms with van der Waals surface area (Å²) in [7, 11) is -2.05. The largest absolute Gasteiger partial charge is 0.496 e. The highest BCUT2D eigenvalue weighted by molar-refractivity contribution is 7.92. The topological polar surface area (TPSA) is 123 Å². The minimum absolute atomic E-state index is 0.0390. The molecule has 0 aliphatic carbocycles. The Morgan fingerprint density at radius 1 is 1.08 bits per heavy atom. The first-order valence-corrected chi connectivity index (χ1v) is 12.8. The van der Waals surface area contributed by atoms with Crippen molar-refractivity contribution in [2.75, 3.05) is 18.1 Å². The van der Waals surface area contributed by atoms with Gasteiger partial charge in [-0.2, -0.15) is 0 Å². The van der Waals surface area contributed by atoms with Gasteiger partial charge in [-0.05, 0) is 41.3 Å². The third-order valence-corrected chi connectivity index (χ3v) is 6.14. The number of nitrogens with zero attached hydrogens (tertiary/aromatic N) is 2. The number of pyridine rings is 1. The number of sulfonamides is 1. The molecule has 36 heavy (non-hydrogen) atoms. The predicted molar refractivity (Wildman–Crippen MR) is 137 cm³/mol. The van der Waals surface area contributed by atoms with E-state index in [-0.39, 0.29) is 17.1 Å². The second-order valence-electron chi connectivity index (χ2n) is 9.37. The quantitative estimate of drug-likeness (QED) is 0.422. The summed E-state index contributed by atoms with van der Waals surface area (Å²) in [6.07, 6.45) is 2.26. The smallest absolute Gasteiger partial charge is 0.333 e. The van der Waals surface area contributed by atoms with Gasteiger partial charge in [0.1, 0.15) is 11.6 Å². The summed E-state index contributed by atoms with van der Waals surface area (Å²) in [6, 6.07) is 10.9. The van der Waals surface area contributed by atoms with Crippen LogP contribution >= 0.6 is 0 Å². The minimum atomic E-state index is -3.50. The number of anilines is 1. The highest BCUT2D eigenvalue weighted by Gasteiger charge is 2.28. The molecular formula is C25H25FN4O5S. The second kappa shape index (κ2) is 8.90. The number of halogens is 1. The fraction of sp³-hybridized carbons (Fsp3) is 0.240. The Labute approximate surface area is 206 Å². The zero-order valence-corrected chi connectivity index (χ0v) is 21.2. The molecule has 0 spiro atoms. The molecule has 0 bridgehead atoms. The molecule has 11 heteroatoms. The van der Waals surface area contributed by atoms with E-state index in [0.717, 1.165) is 16.9 Å². The molecule has 0 unspecified atom stereocenters. The zero-order valence-electron chi connectivity index (χ0n) is 20.3. The van der Waals surface area contributed by atoms with Gasteiger partial charge in [0.2, 0.25) is 10.0 Å². The molecule has 4 rings (SSSR count). The first-order chi connectivity index (χ1) is 16.8. The van der Waals surface area contributed by atoms with E-state index in [1.165, 1.54) is 19.4 Å². The van der Waals surface area contributed by atoms with Gasteiger partial charge in [0.15, 0.2) is 5.82 Å². The third-order valence-electron chi connectivity index (χ3n) is 5.56. The van der Waals surface area contributed by atoms with E-state index in [1.807, 2.05) is 20.8 Å². The van der Waals surface area contributed by atoms with Crippen molar-refractivity contribution in [2.45, 2.75) is 26.2 Å². The SMILES string of the molecule is COc1c(C(C)(C)C)cc(-n2ccc(=O)[nH]c2=O)c(F)c1-c1ccc2nc(NS(C)(=O)=O)ccc2c1. The lowest BCUT2D eigenvalue weighted by Gasteiger charge is -2.26. The highest BCUT2D eigenvalue weighted by Crippen LogP contribution is 2.43. The zero-order chi connectivity index (χ0) is 26.4. The maximum absolute atomic E-state index is 16.2. The molecule has 0 saturated heterocycles. The normalized spacial score (nSPS) is 12.1. The summed E-state index contributed by atoms with van der Waals surface area (Å²) in [5.41, 5.74) is -0.136. The van der Waals surface area contributed by atoms with Crippen LogP contribution in [0.4, 0.5) is 10.2 Å². The van der Waals surface area contributed by atoms with Gasteiger partial charge < -0.3 is 4.74 Å². The van der Waals surface area contributed by atoms with Crippen LogP contribution in [0.25, 0.3) is 27.7 Å². The molecule has 2 heterocycles. The number of nitrogens with one attached hydrogen (secondary N) is 2. The number of hydrogen-bond donors (Lipinski definition) is 2. The summed E-state index contributed by atoms with van der Waals surface area (Å²) in [5.74, 6) is -0.239. The van der Waals surface area contributed by atoms with Crippen LogP contribution in [0, 0.1) is 5.82 Å². The van der Waals surface area contributed by atoms with Crippen LogP contribution in [-0.2, 0) is 15.4 Å². The maximum atomic E-state index is 16.2. The second-order valence-corrected chi connectivity index (χ2v) is 11.1. The third kappa shape index (κ3) is 4.87. The molecule has 9 nitrogen and oxygen atoms in total. The van der Waals surface area contributed by atoms with Crippen molar-refractivity contribution in [2.24, 2.45) is 0 Å². The van der Waals surface area contributed by atoms with Crippen molar-refractivity contribution in [3.63, 3.8) is 0 Å². The van der Waals surface area contributed by atoms with Crippen molar-refractivity contribution in [3.05, 3.63) is 80.9 Å². The average molecular weight is 513 g/mol. The van der Waals surface area contributed by atoms with Gasteiger partial charge in [-0.1, -0.05) is 26.8 Å². The lowest BCUT2D eigenvalue weighted by molar-refractivity contribution is 0.396. The van der Waals surface area contributed by atoms with Crippen LogP contribution in [0.3, 0.4) is 0 Å². The van der Waals surface area contributed by atoms with E-state index in [4.69, 9.17) is 4.74 Å². The van der Waals surface area contributed by atoms with Gasteiger partial charge in [0.25, 0.3) is 5.56 Å². The van der Waals surface area contributed by atoms with Crippen molar-refractivity contribution in [1.82, 2.24) is 14.5 Å². The Morgan fingerprint density at radius 3 is 2.42 bits per heavy atom. The van der Waals surface area contributed by atoms with E-state index >= 15 is 4.39 Å². The summed E-state index contributed by atoms with van der Waals surface area (Å²) >= 11 is 0. The first-order valence-electron chi connectivity index (χ1n) is 10.9.